The second kappa shape index (κ2) is 6.22. The molecule has 0 aliphatic rings. The van der Waals surface area contributed by atoms with E-state index >= 15 is 0 Å². The summed E-state index contributed by atoms with van der Waals surface area (Å²) in [5, 5.41) is 0. The van der Waals surface area contributed by atoms with Crippen LogP contribution >= 0.6 is 0 Å². The highest BCUT2D eigenvalue weighted by atomic mass is 19.1. The molecule has 118 valence electrons. The number of aromatic nitrogens is 1. The number of hydrogen-bond donors (Lipinski definition) is 1. The molecular formula is C17H20FNO3. The van der Waals surface area contributed by atoms with E-state index < -0.39 is 12.3 Å². The minimum absolute atomic E-state index is 0.308. The topological polar surface area (TPSA) is 51.3 Å². The Morgan fingerprint density at radius 2 is 1.95 bits per heavy atom. The summed E-state index contributed by atoms with van der Waals surface area (Å²) in [7, 11) is 1.27. The Hall–Kier alpha value is -2.30. The van der Waals surface area contributed by atoms with Crippen LogP contribution in [0.15, 0.2) is 36.5 Å². The van der Waals surface area contributed by atoms with Gasteiger partial charge >= 0.3 is 6.16 Å². The molecule has 5 heteroatoms. The Labute approximate surface area is 129 Å². The first-order valence-electron chi connectivity index (χ1n) is 7.00. The highest BCUT2D eigenvalue weighted by Gasteiger charge is 2.31. The van der Waals surface area contributed by atoms with Crippen LogP contribution in [0.2, 0.25) is 0 Å². The number of methoxy groups -OCH3 is 1. The minimum Gasteiger partial charge on any atom is -0.438 e. The molecule has 1 aromatic carbocycles. The fraction of sp³-hybridized carbons (Fsp3) is 0.353. The fourth-order valence-electron chi connectivity index (χ4n) is 2.29. The lowest BCUT2D eigenvalue weighted by Crippen LogP contribution is -2.23. The van der Waals surface area contributed by atoms with Crippen molar-refractivity contribution < 1.29 is 18.7 Å². The van der Waals surface area contributed by atoms with Gasteiger partial charge in [0.05, 0.1) is 7.11 Å². The van der Waals surface area contributed by atoms with Gasteiger partial charge in [-0.2, -0.15) is 0 Å². The predicted molar refractivity (Wildman–Crippen MR) is 81.9 cm³/mol. The zero-order chi connectivity index (χ0) is 16.3. The van der Waals surface area contributed by atoms with Crippen molar-refractivity contribution in [2.24, 2.45) is 5.41 Å². The molecule has 0 saturated carbocycles. The van der Waals surface area contributed by atoms with Crippen LogP contribution in [-0.2, 0) is 9.47 Å². The highest BCUT2D eigenvalue weighted by Crippen LogP contribution is 2.38. The lowest BCUT2D eigenvalue weighted by molar-refractivity contribution is -0.00975. The van der Waals surface area contributed by atoms with Crippen molar-refractivity contribution in [2.45, 2.75) is 26.9 Å². The van der Waals surface area contributed by atoms with Crippen molar-refractivity contribution in [3.63, 3.8) is 0 Å². The van der Waals surface area contributed by atoms with Crippen molar-refractivity contribution in [1.29, 1.82) is 0 Å². The molecule has 0 spiro atoms. The maximum atomic E-state index is 13.9. The summed E-state index contributed by atoms with van der Waals surface area (Å²) < 4.78 is 23.8. The number of carbonyl (C=O) groups excluding carboxylic acids is 1. The van der Waals surface area contributed by atoms with Gasteiger partial charge in [0.1, 0.15) is 11.9 Å². The van der Waals surface area contributed by atoms with Gasteiger partial charge in [-0.05, 0) is 18.2 Å². The number of halogens is 1. The van der Waals surface area contributed by atoms with Gasteiger partial charge in [-0.3, -0.25) is 0 Å². The molecular weight excluding hydrogens is 285 g/mol. The van der Waals surface area contributed by atoms with Crippen molar-refractivity contribution in [3.8, 4) is 11.3 Å². The van der Waals surface area contributed by atoms with Crippen LogP contribution in [0.1, 0.15) is 32.4 Å². The standard InChI is InChI=1S/C17H20FNO3/c1-17(2,3)15(22-16(20)21-4)11-9-14(19-10-11)12-7-5-6-8-13(12)18/h5-10,15,19H,1-4H3. The average molecular weight is 305 g/mol. The summed E-state index contributed by atoms with van der Waals surface area (Å²) in [6, 6.07) is 8.30. The highest BCUT2D eigenvalue weighted by molar-refractivity contribution is 5.62. The molecule has 2 rings (SSSR count). The van der Waals surface area contributed by atoms with Crippen molar-refractivity contribution >= 4 is 6.16 Å². The summed E-state index contributed by atoms with van der Waals surface area (Å²) in [5.74, 6) is -0.308. The first-order chi connectivity index (χ1) is 10.3. The fourth-order valence-corrected chi connectivity index (χ4v) is 2.29. The van der Waals surface area contributed by atoms with E-state index in [-0.39, 0.29) is 11.2 Å². The summed E-state index contributed by atoms with van der Waals surface area (Å²) in [4.78, 5) is 14.5. The van der Waals surface area contributed by atoms with E-state index in [0.29, 0.717) is 11.3 Å². The van der Waals surface area contributed by atoms with E-state index in [9.17, 15) is 9.18 Å². The smallest absolute Gasteiger partial charge is 0.438 e. The molecule has 0 aliphatic heterocycles. The minimum atomic E-state index is -0.742. The van der Waals surface area contributed by atoms with Gasteiger partial charge in [0, 0.05) is 28.4 Å². The lowest BCUT2D eigenvalue weighted by atomic mass is 9.85. The van der Waals surface area contributed by atoms with Gasteiger partial charge in [-0.25, -0.2) is 9.18 Å². The number of rotatable bonds is 3. The third-order valence-corrected chi connectivity index (χ3v) is 3.34. The Kier molecular flexibility index (Phi) is 4.54. The largest absolute Gasteiger partial charge is 0.508 e. The van der Waals surface area contributed by atoms with E-state index in [0.717, 1.165) is 5.56 Å². The molecule has 4 nitrogen and oxygen atoms in total. The molecule has 0 bridgehead atoms. The zero-order valence-electron chi connectivity index (χ0n) is 13.1. The van der Waals surface area contributed by atoms with Crippen LogP contribution in [0.5, 0.6) is 0 Å². The van der Waals surface area contributed by atoms with Crippen molar-refractivity contribution in [3.05, 3.63) is 47.9 Å². The van der Waals surface area contributed by atoms with Crippen LogP contribution in [0.4, 0.5) is 9.18 Å². The molecule has 1 unspecified atom stereocenters. The van der Waals surface area contributed by atoms with Gasteiger partial charge < -0.3 is 14.5 Å². The molecule has 2 aromatic rings. The third kappa shape index (κ3) is 3.47. The number of nitrogens with one attached hydrogen (secondary N) is 1. The van der Waals surface area contributed by atoms with E-state index in [2.05, 4.69) is 9.72 Å². The number of aromatic amines is 1. The molecule has 0 radical (unpaired) electrons. The van der Waals surface area contributed by atoms with E-state index in [4.69, 9.17) is 4.74 Å². The number of ether oxygens (including phenoxy) is 2. The lowest BCUT2D eigenvalue weighted by Gasteiger charge is -2.29. The quantitative estimate of drug-likeness (QED) is 0.837. The first-order valence-corrected chi connectivity index (χ1v) is 7.00. The molecule has 1 N–H and O–H groups in total. The van der Waals surface area contributed by atoms with Gasteiger partial charge in [0.2, 0.25) is 0 Å². The Bertz CT molecular complexity index is 658. The molecule has 0 amide bonds. The Morgan fingerprint density at radius 1 is 1.27 bits per heavy atom. The van der Waals surface area contributed by atoms with Crippen molar-refractivity contribution in [1.82, 2.24) is 4.98 Å². The number of carbonyl (C=O) groups is 1. The van der Waals surface area contributed by atoms with Gasteiger partial charge in [-0.15, -0.1) is 0 Å². The van der Waals surface area contributed by atoms with Gasteiger partial charge in [-0.1, -0.05) is 32.9 Å². The van der Waals surface area contributed by atoms with Gasteiger partial charge in [0.15, 0.2) is 0 Å². The van der Waals surface area contributed by atoms with Crippen LogP contribution in [0.3, 0.4) is 0 Å². The van der Waals surface area contributed by atoms with Crippen molar-refractivity contribution in [2.75, 3.05) is 7.11 Å². The number of hydrogen-bond acceptors (Lipinski definition) is 3. The SMILES string of the molecule is COC(=O)OC(c1c[nH]c(-c2ccccc2F)c1)C(C)(C)C. The second-order valence-corrected chi connectivity index (χ2v) is 6.14. The van der Waals surface area contributed by atoms with Crippen LogP contribution < -0.4 is 0 Å². The van der Waals surface area contributed by atoms with E-state index in [1.165, 1.54) is 13.2 Å². The van der Waals surface area contributed by atoms with E-state index in [1.54, 1.807) is 30.5 Å². The first kappa shape index (κ1) is 16.1. The molecule has 1 atom stereocenters. The molecule has 0 aliphatic carbocycles. The van der Waals surface area contributed by atoms with Crippen LogP contribution in [0, 0.1) is 11.2 Å². The molecule has 0 fully saturated rings. The number of H-pyrrole nitrogens is 1. The van der Waals surface area contributed by atoms with E-state index in [1.807, 2.05) is 20.8 Å². The summed E-state index contributed by atoms with van der Waals surface area (Å²) in [6.45, 7) is 5.86. The Balaban J connectivity index is 2.35. The molecule has 22 heavy (non-hydrogen) atoms. The van der Waals surface area contributed by atoms with Crippen LogP contribution in [-0.4, -0.2) is 18.2 Å². The predicted octanol–water partition coefficient (Wildman–Crippen LogP) is 4.69. The zero-order valence-corrected chi connectivity index (χ0v) is 13.1. The normalized spacial score (nSPS) is 12.8. The molecule has 1 aromatic heterocycles. The second-order valence-electron chi connectivity index (χ2n) is 6.14. The maximum Gasteiger partial charge on any atom is 0.508 e. The average Bonchev–Trinajstić information content (AvgIpc) is 2.92. The molecule has 0 saturated heterocycles. The number of benzene rings is 1. The maximum absolute atomic E-state index is 13.9. The molecule has 1 heterocycles. The summed E-state index contributed by atoms with van der Waals surface area (Å²) >= 11 is 0. The van der Waals surface area contributed by atoms with Gasteiger partial charge in [0.25, 0.3) is 0 Å². The summed E-state index contributed by atoms with van der Waals surface area (Å²) in [5.41, 5.74) is 1.54. The monoisotopic (exact) mass is 305 g/mol. The summed E-state index contributed by atoms with van der Waals surface area (Å²) in [6.07, 6.45) is 0.478. The third-order valence-electron chi connectivity index (χ3n) is 3.34. The Morgan fingerprint density at radius 3 is 2.55 bits per heavy atom. The van der Waals surface area contributed by atoms with Crippen LogP contribution in [0.25, 0.3) is 11.3 Å².